The number of rotatable bonds is 5. The molecule has 4 aromatic rings. The van der Waals surface area contributed by atoms with Gasteiger partial charge in [0, 0.05) is 36.3 Å². The number of primary amides is 1. The molecular weight excluding hydrogens is 582 g/mol. The van der Waals surface area contributed by atoms with Crippen LogP contribution in [0.15, 0.2) is 40.3 Å². The second-order valence-electron chi connectivity index (χ2n) is 11.2. The minimum absolute atomic E-state index is 0.0575. The van der Waals surface area contributed by atoms with Crippen LogP contribution < -0.4 is 22.1 Å². The lowest BCUT2D eigenvalue weighted by atomic mass is 9.68. The summed E-state index contributed by atoms with van der Waals surface area (Å²) in [5.74, 6) is -0.567. The molecule has 0 saturated heterocycles. The van der Waals surface area contributed by atoms with Gasteiger partial charge in [-0.1, -0.05) is 0 Å². The fraction of sp³-hybridized carbons (Fsp3) is 0.385. The molecule has 0 saturated carbocycles. The van der Waals surface area contributed by atoms with E-state index in [1.54, 1.807) is 19.1 Å². The molecule has 2 aliphatic heterocycles. The third kappa shape index (κ3) is 3.59. The van der Waals surface area contributed by atoms with Crippen LogP contribution >= 0.6 is 0 Å². The number of carbonyl (C=O) groups excluding carboxylic acids is 2. The number of aliphatic hydroxyl groups excluding tert-OH is 1. The van der Waals surface area contributed by atoms with E-state index in [9.17, 15) is 39.9 Å². The van der Waals surface area contributed by atoms with Crippen LogP contribution in [0.2, 0.25) is 0 Å². The standard InChI is InChI=1S/C26H27N9O9/c1-10(36)5-13-11-3-4-17-29-18-6-14-16(9-28-18)34(26(41,42)43)23(39)33(14)15-8-25(40,31-22(38)44-2)19-12(15)7-24(19,21(27)37)35(32-13)20(11)30-17/h3-4,6,9-10,15,36,40-43H,5,7-8H2,1-2H3,(H2,27,37)(H,31,38)(H,28,29,30). The topological polar surface area (TPSA) is 265 Å². The number of alkyl carbamates (subject to hydrolysis) is 1. The molecule has 0 radical (unpaired) electrons. The Morgan fingerprint density at radius 1 is 1.27 bits per heavy atom. The molecule has 0 fully saturated rings. The maximum Gasteiger partial charge on any atom is 0.409 e. The van der Waals surface area contributed by atoms with Crippen molar-refractivity contribution < 1.29 is 39.9 Å². The van der Waals surface area contributed by atoms with Crippen molar-refractivity contribution in [3.05, 3.63) is 51.7 Å². The maximum atomic E-state index is 13.8. The summed E-state index contributed by atoms with van der Waals surface area (Å²) in [6.07, 6.45) is -4.92. The molecule has 4 aliphatic rings. The van der Waals surface area contributed by atoms with Crippen molar-refractivity contribution in [1.29, 1.82) is 0 Å². The first-order chi connectivity index (χ1) is 20.7. The number of pyridine rings is 2. The number of aromatic nitrogens is 6. The average Bonchev–Trinajstić information content (AvgIpc) is 3.47. The number of ether oxygens (including phenoxy) is 1. The molecule has 2 amide bonds. The predicted molar refractivity (Wildman–Crippen MR) is 148 cm³/mol. The van der Waals surface area contributed by atoms with Crippen molar-refractivity contribution in [2.24, 2.45) is 5.73 Å². The molecule has 0 spiro atoms. The second kappa shape index (κ2) is 8.83. The van der Waals surface area contributed by atoms with Gasteiger partial charge in [-0.3, -0.25) is 14.7 Å². The highest BCUT2D eigenvalue weighted by molar-refractivity contribution is 5.94. The van der Waals surface area contributed by atoms with Gasteiger partial charge >= 0.3 is 17.9 Å². The van der Waals surface area contributed by atoms with Crippen LogP contribution in [0, 0.1) is 0 Å². The highest BCUT2D eigenvalue weighted by atomic mass is 16.7. The van der Waals surface area contributed by atoms with Crippen LogP contribution in [0.5, 0.6) is 0 Å². The summed E-state index contributed by atoms with van der Waals surface area (Å²) in [6, 6.07) is 3.58. The Morgan fingerprint density at radius 2 is 2.02 bits per heavy atom. The molecule has 4 aromatic heterocycles. The number of hydrogen-bond donors (Lipinski definition) is 8. The first kappa shape index (κ1) is 27.9. The van der Waals surface area contributed by atoms with Gasteiger partial charge in [-0.25, -0.2) is 28.8 Å². The van der Waals surface area contributed by atoms with Crippen molar-refractivity contribution in [3.63, 3.8) is 0 Å². The zero-order valence-corrected chi connectivity index (χ0v) is 23.2. The number of aliphatic hydroxyl groups is 5. The largest absolute Gasteiger partial charge is 0.453 e. The number of allylic oxidation sites excluding steroid dienone is 1. The monoisotopic (exact) mass is 609 g/mol. The lowest BCUT2D eigenvalue weighted by molar-refractivity contribution is -0.374. The molecule has 8 rings (SSSR count). The van der Waals surface area contributed by atoms with Gasteiger partial charge in [0.1, 0.15) is 11.6 Å². The van der Waals surface area contributed by atoms with E-state index >= 15 is 0 Å². The van der Waals surface area contributed by atoms with Gasteiger partial charge in [-0.05, 0) is 24.6 Å². The molecule has 18 nitrogen and oxygen atoms in total. The lowest BCUT2D eigenvalue weighted by Gasteiger charge is -2.46. The lowest BCUT2D eigenvalue weighted by Crippen LogP contribution is -2.62. The molecule has 44 heavy (non-hydrogen) atoms. The third-order valence-electron chi connectivity index (χ3n) is 8.47. The van der Waals surface area contributed by atoms with Crippen LogP contribution in [-0.2, 0) is 27.6 Å². The summed E-state index contributed by atoms with van der Waals surface area (Å²) in [5, 5.41) is 63.1. The van der Waals surface area contributed by atoms with E-state index in [1.165, 1.54) is 10.7 Å². The molecule has 9 N–H and O–H groups in total. The number of methoxy groups -OCH3 is 1. The number of amides is 2. The number of anilines is 2. The SMILES string of the molecule is COC(=O)NC1(O)CC2C3=C1C(C(N)=O)(C3)n1nc(CC(C)O)c3ccc(nc31)Nc1cc3c(cn1)n(C(O)(O)O)c(=O)n32. The van der Waals surface area contributed by atoms with Crippen molar-refractivity contribution >= 4 is 45.7 Å². The zero-order valence-electron chi connectivity index (χ0n) is 23.2. The highest BCUT2D eigenvalue weighted by Gasteiger charge is 2.67. The first-order valence-corrected chi connectivity index (χ1v) is 13.5. The molecule has 2 aliphatic carbocycles. The fourth-order valence-corrected chi connectivity index (χ4v) is 6.82. The Bertz CT molecular complexity index is 2020. The van der Waals surface area contributed by atoms with Crippen LogP contribution in [0.1, 0.15) is 31.5 Å². The number of carbonyl (C=O) groups is 2. The molecule has 18 heteroatoms. The highest BCUT2D eigenvalue weighted by Crippen LogP contribution is 2.60. The minimum Gasteiger partial charge on any atom is -0.453 e. The van der Waals surface area contributed by atoms with Crippen LogP contribution in [0.4, 0.5) is 16.4 Å². The summed E-state index contributed by atoms with van der Waals surface area (Å²) in [4.78, 5) is 48.8. The second-order valence-corrected chi connectivity index (χ2v) is 11.2. The number of nitrogens with two attached hydrogens (primary N) is 1. The fourth-order valence-electron chi connectivity index (χ4n) is 6.82. The van der Waals surface area contributed by atoms with E-state index < -0.39 is 53.6 Å². The van der Waals surface area contributed by atoms with Gasteiger partial charge in [0.15, 0.2) is 16.9 Å². The van der Waals surface area contributed by atoms with E-state index in [0.29, 0.717) is 21.2 Å². The van der Waals surface area contributed by atoms with E-state index in [0.717, 1.165) is 17.9 Å². The number of hydrogen-bond acceptors (Lipinski definition) is 13. The van der Waals surface area contributed by atoms with Crippen LogP contribution in [-0.4, -0.2) is 85.4 Å². The normalized spacial score (nSPS) is 24.5. The van der Waals surface area contributed by atoms with E-state index in [4.69, 9.17) is 10.5 Å². The smallest absolute Gasteiger partial charge is 0.409 e. The maximum absolute atomic E-state index is 13.8. The molecule has 8 bridgehead atoms. The predicted octanol–water partition coefficient (Wildman–Crippen LogP) is -1.96. The van der Waals surface area contributed by atoms with Gasteiger partial charge in [0.25, 0.3) is 0 Å². The molecule has 4 atom stereocenters. The van der Waals surface area contributed by atoms with Gasteiger partial charge in [0.2, 0.25) is 5.91 Å². The van der Waals surface area contributed by atoms with Crippen LogP contribution in [0.3, 0.4) is 0 Å². The van der Waals surface area contributed by atoms with E-state index in [1.807, 2.05) is 0 Å². The van der Waals surface area contributed by atoms with E-state index in [2.05, 4.69) is 25.7 Å². The number of nitrogens with zero attached hydrogens (tertiary/aromatic N) is 6. The zero-order chi connectivity index (χ0) is 31.5. The van der Waals surface area contributed by atoms with Crippen molar-refractivity contribution in [2.45, 2.75) is 55.7 Å². The van der Waals surface area contributed by atoms with Gasteiger partial charge in [0.05, 0.1) is 42.2 Å². The quantitative estimate of drug-likeness (QED) is 0.0903. The van der Waals surface area contributed by atoms with Crippen molar-refractivity contribution in [2.75, 3.05) is 12.4 Å². The summed E-state index contributed by atoms with van der Waals surface area (Å²) < 4.78 is 7.39. The Kier molecular flexibility index (Phi) is 5.60. The Labute approximate surface area is 245 Å². The molecular formula is C26H27N9O9. The first-order valence-electron chi connectivity index (χ1n) is 13.5. The Hall–Kier alpha value is -4.88. The van der Waals surface area contributed by atoms with Crippen molar-refractivity contribution in [1.82, 2.24) is 34.2 Å². The van der Waals surface area contributed by atoms with E-state index in [-0.39, 0.29) is 46.7 Å². The van der Waals surface area contributed by atoms with Gasteiger partial charge in [-0.2, -0.15) is 5.10 Å². The molecule has 230 valence electrons. The Morgan fingerprint density at radius 3 is 2.68 bits per heavy atom. The molecule has 0 aromatic carbocycles. The van der Waals surface area contributed by atoms with Gasteiger partial charge < -0.3 is 41.3 Å². The van der Waals surface area contributed by atoms with Crippen molar-refractivity contribution in [3.8, 4) is 0 Å². The molecule has 4 unspecified atom stereocenters. The van der Waals surface area contributed by atoms with Crippen LogP contribution in [0.25, 0.3) is 22.1 Å². The summed E-state index contributed by atoms with van der Waals surface area (Å²) in [6.45, 7) is 1.57. The number of nitrogens with one attached hydrogen (secondary N) is 2. The number of imidazole rings is 1. The molecule has 6 heterocycles. The summed E-state index contributed by atoms with van der Waals surface area (Å²) in [7, 11) is 1.08. The Balaban J connectivity index is 1.60. The third-order valence-corrected chi connectivity index (χ3v) is 8.47. The summed E-state index contributed by atoms with van der Waals surface area (Å²) in [5.41, 5.74) is 1.39. The average molecular weight is 610 g/mol. The van der Waals surface area contributed by atoms with Gasteiger partial charge in [-0.15, -0.1) is 0 Å². The summed E-state index contributed by atoms with van der Waals surface area (Å²) >= 11 is 0. The minimum atomic E-state index is -3.63.